The lowest BCUT2D eigenvalue weighted by molar-refractivity contribution is -0.137. The van der Waals surface area contributed by atoms with Crippen molar-refractivity contribution in [2.75, 3.05) is 17.2 Å². The van der Waals surface area contributed by atoms with Gasteiger partial charge >= 0.3 is 6.18 Å². The molecule has 1 fully saturated rings. The van der Waals surface area contributed by atoms with Gasteiger partial charge in [-0.15, -0.1) is 0 Å². The molecule has 0 aliphatic heterocycles. The predicted molar refractivity (Wildman–Crippen MR) is 139 cm³/mol. The van der Waals surface area contributed by atoms with E-state index in [4.69, 9.17) is 9.47 Å². The van der Waals surface area contributed by atoms with Gasteiger partial charge < -0.3 is 20.1 Å². The van der Waals surface area contributed by atoms with E-state index in [1.807, 2.05) is 12.1 Å². The molecule has 1 aliphatic rings. The number of halogens is 3. The van der Waals surface area contributed by atoms with Crippen LogP contribution in [0.4, 0.5) is 36.3 Å². The predicted octanol–water partition coefficient (Wildman–Crippen LogP) is 8.26. The van der Waals surface area contributed by atoms with Crippen molar-refractivity contribution in [3.63, 3.8) is 0 Å². The summed E-state index contributed by atoms with van der Waals surface area (Å²) in [5.74, 6) is 0.926. The first-order valence-electron chi connectivity index (χ1n) is 12.9. The van der Waals surface area contributed by atoms with Gasteiger partial charge in [-0.25, -0.2) is 4.98 Å². The molecule has 2 N–H and O–H groups in total. The summed E-state index contributed by atoms with van der Waals surface area (Å²) in [5.41, 5.74) is 0.0968. The number of alkyl halides is 3. The summed E-state index contributed by atoms with van der Waals surface area (Å²) in [4.78, 5) is 8.07. The van der Waals surface area contributed by atoms with Crippen LogP contribution in [-0.2, 0) is 6.18 Å². The molecule has 0 saturated heterocycles. The number of para-hydroxylation sites is 2. The number of nitrogens with one attached hydrogen (secondary N) is 2. The molecule has 1 saturated carbocycles. The first-order valence-corrected chi connectivity index (χ1v) is 12.9. The maximum Gasteiger partial charge on any atom is 0.421 e. The normalized spacial score (nSPS) is 13.9. The van der Waals surface area contributed by atoms with E-state index in [0.717, 1.165) is 50.5 Å². The maximum absolute atomic E-state index is 13.8. The van der Waals surface area contributed by atoms with E-state index >= 15 is 0 Å². The molecule has 37 heavy (non-hydrogen) atoms. The summed E-state index contributed by atoms with van der Waals surface area (Å²) in [7, 11) is 0. The third-order valence-electron chi connectivity index (χ3n) is 6.21. The summed E-state index contributed by atoms with van der Waals surface area (Å²) in [6, 6.07) is 14.1. The Labute approximate surface area is 215 Å². The van der Waals surface area contributed by atoms with Gasteiger partial charge in [0.15, 0.2) is 0 Å². The fourth-order valence-electron chi connectivity index (χ4n) is 4.21. The highest BCUT2D eigenvalue weighted by molar-refractivity contribution is 5.67. The molecular formula is C28H33F3N4O2. The molecule has 2 aromatic carbocycles. The first kappa shape index (κ1) is 26.6. The minimum atomic E-state index is -4.63. The molecule has 0 unspecified atom stereocenters. The molecule has 0 bridgehead atoms. The average molecular weight is 515 g/mol. The van der Waals surface area contributed by atoms with Gasteiger partial charge in [0.05, 0.1) is 18.4 Å². The van der Waals surface area contributed by atoms with Crippen LogP contribution in [0.15, 0.2) is 54.7 Å². The number of ether oxygens (including phenoxy) is 2. The highest BCUT2D eigenvalue weighted by Crippen LogP contribution is 2.38. The van der Waals surface area contributed by atoms with Crippen molar-refractivity contribution in [3.05, 3.63) is 60.3 Å². The van der Waals surface area contributed by atoms with Crippen molar-refractivity contribution in [1.29, 1.82) is 0 Å². The van der Waals surface area contributed by atoms with Gasteiger partial charge in [0.1, 0.15) is 22.9 Å². The van der Waals surface area contributed by atoms with Crippen LogP contribution in [0.1, 0.15) is 63.9 Å². The van der Waals surface area contributed by atoms with Crippen molar-refractivity contribution < 1.29 is 22.6 Å². The van der Waals surface area contributed by atoms with Gasteiger partial charge in [0, 0.05) is 11.9 Å². The number of nitrogens with zero attached hydrogens (tertiary/aromatic N) is 2. The zero-order chi connectivity index (χ0) is 26.1. The van der Waals surface area contributed by atoms with Gasteiger partial charge in [-0.1, -0.05) is 38.3 Å². The average Bonchev–Trinajstić information content (AvgIpc) is 3.39. The highest BCUT2D eigenvalue weighted by atomic mass is 19.4. The standard InChI is InChI=1S/C28H33F3N4O2/c1-2-3-4-9-18-36-21-16-14-20(15-17-21)33-27-32-19-23(28(29,30)31)26(35-27)34-24-12-7-8-13-25(24)37-22-10-5-6-11-22/h7-8,12-17,19,22H,2-6,9-11,18H2,1H3,(H2,32,33,34,35). The van der Waals surface area contributed by atoms with E-state index in [9.17, 15) is 13.2 Å². The van der Waals surface area contributed by atoms with E-state index in [1.54, 1.807) is 36.4 Å². The molecule has 3 aromatic rings. The molecule has 6 nitrogen and oxygen atoms in total. The Hall–Kier alpha value is -3.49. The molecular weight excluding hydrogens is 481 g/mol. The van der Waals surface area contributed by atoms with Crippen molar-refractivity contribution in [2.24, 2.45) is 0 Å². The molecule has 0 atom stereocenters. The molecule has 1 heterocycles. The van der Waals surface area contributed by atoms with Crippen LogP contribution in [0.3, 0.4) is 0 Å². The monoisotopic (exact) mass is 514 g/mol. The summed E-state index contributed by atoms with van der Waals surface area (Å²) < 4.78 is 53.1. The Morgan fingerprint density at radius 3 is 2.43 bits per heavy atom. The lowest BCUT2D eigenvalue weighted by atomic mass is 10.2. The Balaban J connectivity index is 1.48. The number of unbranched alkanes of at least 4 members (excludes halogenated alkanes) is 3. The first-order chi connectivity index (χ1) is 17.9. The third-order valence-corrected chi connectivity index (χ3v) is 6.21. The Morgan fingerprint density at radius 2 is 1.70 bits per heavy atom. The number of hydrogen-bond acceptors (Lipinski definition) is 6. The molecule has 0 amide bonds. The quantitative estimate of drug-likeness (QED) is 0.237. The smallest absolute Gasteiger partial charge is 0.421 e. The fraction of sp³-hybridized carbons (Fsp3) is 0.429. The zero-order valence-corrected chi connectivity index (χ0v) is 21.0. The third kappa shape index (κ3) is 7.74. The van der Waals surface area contributed by atoms with Crippen LogP contribution in [-0.4, -0.2) is 22.7 Å². The van der Waals surface area contributed by atoms with Crippen LogP contribution >= 0.6 is 0 Å². The van der Waals surface area contributed by atoms with Gasteiger partial charge in [-0.2, -0.15) is 18.2 Å². The van der Waals surface area contributed by atoms with Crippen LogP contribution in [0, 0.1) is 0 Å². The number of rotatable bonds is 12. The zero-order valence-electron chi connectivity index (χ0n) is 21.0. The largest absolute Gasteiger partial charge is 0.494 e. The van der Waals surface area contributed by atoms with Crippen LogP contribution in [0.25, 0.3) is 0 Å². The number of anilines is 4. The molecule has 9 heteroatoms. The minimum absolute atomic E-state index is 0.0397. The molecule has 4 rings (SSSR count). The van der Waals surface area contributed by atoms with Crippen molar-refractivity contribution >= 4 is 23.1 Å². The molecule has 1 aliphatic carbocycles. The van der Waals surface area contributed by atoms with Gasteiger partial charge in [0.2, 0.25) is 5.95 Å². The van der Waals surface area contributed by atoms with Crippen LogP contribution in [0.2, 0.25) is 0 Å². The molecule has 0 radical (unpaired) electrons. The van der Waals surface area contributed by atoms with E-state index in [0.29, 0.717) is 23.7 Å². The second-order valence-electron chi connectivity index (χ2n) is 9.16. The van der Waals surface area contributed by atoms with Crippen molar-refractivity contribution in [2.45, 2.75) is 70.6 Å². The van der Waals surface area contributed by atoms with Gasteiger partial charge in [-0.05, 0) is 68.5 Å². The van der Waals surface area contributed by atoms with Gasteiger partial charge in [0.25, 0.3) is 0 Å². The topological polar surface area (TPSA) is 68.3 Å². The van der Waals surface area contributed by atoms with E-state index in [-0.39, 0.29) is 17.9 Å². The molecule has 198 valence electrons. The van der Waals surface area contributed by atoms with Crippen LogP contribution in [0.5, 0.6) is 11.5 Å². The minimum Gasteiger partial charge on any atom is -0.494 e. The van der Waals surface area contributed by atoms with Crippen LogP contribution < -0.4 is 20.1 Å². The van der Waals surface area contributed by atoms with E-state index in [2.05, 4.69) is 27.5 Å². The highest BCUT2D eigenvalue weighted by Gasteiger charge is 2.35. The lowest BCUT2D eigenvalue weighted by Crippen LogP contribution is -2.14. The summed E-state index contributed by atoms with van der Waals surface area (Å²) in [5, 5.41) is 5.82. The Bertz CT molecular complexity index is 1130. The number of benzene rings is 2. The van der Waals surface area contributed by atoms with Crippen molar-refractivity contribution in [1.82, 2.24) is 9.97 Å². The van der Waals surface area contributed by atoms with Crippen molar-refractivity contribution in [3.8, 4) is 11.5 Å². The van der Waals surface area contributed by atoms with E-state index in [1.165, 1.54) is 12.8 Å². The summed E-state index contributed by atoms with van der Waals surface area (Å²) in [6.07, 6.45) is 4.77. The fourth-order valence-corrected chi connectivity index (χ4v) is 4.21. The van der Waals surface area contributed by atoms with Gasteiger partial charge in [-0.3, -0.25) is 0 Å². The number of hydrogen-bond donors (Lipinski definition) is 2. The molecule has 1 aromatic heterocycles. The summed E-state index contributed by atoms with van der Waals surface area (Å²) in [6.45, 7) is 2.81. The SMILES string of the molecule is CCCCCCOc1ccc(Nc2ncc(C(F)(F)F)c(Nc3ccccc3OC3CCCC3)n2)cc1. The number of aromatic nitrogens is 2. The lowest BCUT2D eigenvalue weighted by Gasteiger charge is -2.19. The Morgan fingerprint density at radius 1 is 0.946 bits per heavy atom. The second-order valence-corrected chi connectivity index (χ2v) is 9.16. The molecule has 0 spiro atoms. The Kier molecular flexibility index (Phi) is 9.09. The maximum atomic E-state index is 13.8. The van der Waals surface area contributed by atoms with E-state index < -0.39 is 11.7 Å². The summed E-state index contributed by atoms with van der Waals surface area (Å²) >= 11 is 0. The second kappa shape index (κ2) is 12.7.